The van der Waals surface area contributed by atoms with Crippen molar-refractivity contribution in [2.24, 2.45) is 5.73 Å². The SMILES string of the molecule is C=CC(=O)OCNCCN. The summed E-state index contributed by atoms with van der Waals surface area (Å²) < 4.78 is 4.57. The third-order valence-corrected chi connectivity index (χ3v) is 0.804. The zero-order chi connectivity index (χ0) is 7.82. The maximum absolute atomic E-state index is 10.4. The molecule has 0 rings (SSSR count). The smallest absolute Gasteiger partial charge is 0.331 e. The van der Waals surface area contributed by atoms with Crippen molar-refractivity contribution < 1.29 is 9.53 Å². The first-order valence-corrected chi connectivity index (χ1v) is 3.01. The van der Waals surface area contributed by atoms with E-state index in [2.05, 4.69) is 16.6 Å². The van der Waals surface area contributed by atoms with Gasteiger partial charge in [0.15, 0.2) is 0 Å². The first-order chi connectivity index (χ1) is 4.81. The molecule has 4 nitrogen and oxygen atoms in total. The first kappa shape index (κ1) is 9.13. The molecule has 0 spiro atoms. The lowest BCUT2D eigenvalue weighted by Crippen LogP contribution is -2.25. The number of hydrogen-bond acceptors (Lipinski definition) is 4. The lowest BCUT2D eigenvalue weighted by molar-refractivity contribution is -0.138. The molecule has 3 N–H and O–H groups in total. The lowest BCUT2D eigenvalue weighted by atomic mass is 10.6. The van der Waals surface area contributed by atoms with E-state index in [1.54, 1.807) is 0 Å². The van der Waals surface area contributed by atoms with E-state index in [4.69, 9.17) is 5.73 Å². The zero-order valence-corrected chi connectivity index (χ0v) is 5.80. The van der Waals surface area contributed by atoms with Crippen molar-refractivity contribution in [1.82, 2.24) is 5.32 Å². The van der Waals surface area contributed by atoms with E-state index in [0.717, 1.165) is 6.08 Å². The summed E-state index contributed by atoms with van der Waals surface area (Å²) in [6, 6.07) is 0. The van der Waals surface area contributed by atoms with Gasteiger partial charge in [0, 0.05) is 19.2 Å². The Hall–Kier alpha value is -0.870. The van der Waals surface area contributed by atoms with E-state index in [9.17, 15) is 4.79 Å². The van der Waals surface area contributed by atoms with Crippen molar-refractivity contribution in [1.29, 1.82) is 0 Å². The molecule has 58 valence electrons. The highest BCUT2D eigenvalue weighted by Crippen LogP contribution is 1.74. The molecular formula is C6H12N2O2. The highest BCUT2D eigenvalue weighted by molar-refractivity contribution is 5.81. The van der Waals surface area contributed by atoms with Crippen molar-refractivity contribution in [3.05, 3.63) is 12.7 Å². The van der Waals surface area contributed by atoms with Gasteiger partial charge in [-0.25, -0.2) is 4.79 Å². The second-order valence-electron chi connectivity index (χ2n) is 1.60. The monoisotopic (exact) mass is 144 g/mol. The number of ether oxygens (including phenoxy) is 1. The molecule has 0 unspecified atom stereocenters. The van der Waals surface area contributed by atoms with Crippen LogP contribution in [0.4, 0.5) is 0 Å². The van der Waals surface area contributed by atoms with Crippen molar-refractivity contribution in [3.8, 4) is 0 Å². The molecule has 0 aromatic rings. The lowest BCUT2D eigenvalue weighted by Gasteiger charge is -2.01. The number of nitrogens with one attached hydrogen (secondary N) is 1. The van der Waals surface area contributed by atoms with Crippen molar-refractivity contribution in [2.45, 2.75) is 0 Å². The molecule has 4 heteroatoms. The third kappa shape index (κ3) is 5.27. The summed E-state index contributed by atoms with van der Waals surface area (Å²) in [6.45, 7) is 4.61. The van der Waals surface area contributed by atoms with Crippen LogP contribution >= 0.6 is 0 Å². The Labute approximate surface area is 60.0 Å². The van der Waals surface area contributed by atoms with Gasteiger partial charge in [-0.15, -0.1) is 0 Å². The summed E-state index contributed by atoms with van der Waals surface area (Å²) in [6.07, 6.45) is 1.12. The Bertz CT molecular complexity index is 114. The van der Waals surface area contributed by atoms with Gasteiger partial charge in [0.05, 0.1) is 0 Å². The van der Waals surface area contributed by atoms with Gasteiger partial charge in [-0.3, -0.25) is 5.32 Å². The number of rotatable bonds is 5. The summed E-state index contributed by atoms with van der Waals surface area (Å²) in [5.74, 6) is -0.426. The highest BCUT2D eigenvalue weighted by atomic mass is 16.5. The predicted molar refractivity (Wildman–Crippen MR) is 38.2 cm³/mol. The molecule has 0 aromatic heterocycles. The van der Waals surface area contributed by atoms with Crippen LogP contribution in [0.3, 0.4) is 0 Å². The molecule has 0 aliphatic heterocycles. The minimum Gasteiger partial charge on any atom is -0.447 e. The van der Waals surface area contributed by atoms with Crippen LogP contribution in [0, 0.1) is 0 Å². The molecule has 0 heterocycles. The highest BCUT2D eigenvalue weighted by Gasteiger charge is 1.91. The number of esters is 1. The Kier molecular flexibility index (Phi) is 5.71. The average Bonchev–Trinajstić information content (AvgIpc) is 1.98. The summed E-state index contributed by atoms with van der Waals surface area (Å²) in [5.41, 5.74) is 5.15. The first-order valence-electron chi connectivity index (χ1n) is 3.01. The standard InChI is InChI=1S/C6H12N2O2/c1-2-6(9)10-5-8-4-3-7/h2,8H,1,3-5,7H2. The molecule has 0 atom stereocenters. The van der Waals surface area contributed by atoms with E-state index in [-0.39, 0.29) is 6.73 Å². The molecule has 0 saturated carbocycles. The third-order valence-electron chi connectivity index (χ3n) is 0.804. The maximum Gasteiger partial charge on any atom is 0.331 e. The van der Waals surface area contributed by atoms with Gasteiger partial charge >= 0.3 is 5.97 Å². The molecule has 0 amide bonds. The number of nitrogens with two attached hydrogens (primary N) is 1. The fourth-order valence-corrected chi connectivity index (χ4v) is 0.355. The van der Waals surface area contributed by atoms with Crippen LogP contribution in [0.25, 0.3) is 0 Å². The maximum atomic E-state index is 10.4. The van der Waals surface area contributed by atoms with Crippen molar-refractivity contribution >= 4 is 5.97 Å². The normalized spacial score (nSPS) is 8.90. The fourth-order valence-electron chi connectivity index (χ4n) is 0.355. The van der Waals surface area contributed by atoms with Crippen LogP contribution in [-0.2, 0) is 9.53 Å². The van der Waals surface area contributed by atoms with E-state index in [1.165, 1.54) is 0 Å². The molecule has 0 aliphatic rings. The van der Waals surface area contributed by atoms with Gasteiger partial charge in [-0.2, -0.15) is 0 Å². The van der Waals surface area contributed by atoms with Crippen molar-refractivity contribution in [2.75, 3.05) is 19.8 Å². The second kappa shape index (κ2) is 6.25. The van der Waals surface area contributed by atoms with Crippen molar-refractivity contribution in [3.63, 3.8) is 0 Å². The molecular weight excluding hydrogens is 132 g/mol. The summed E-state index contributed by atoms with van der Waals surface area (Å²) in [7, 11) is 0. The van der Waals surface area contributed by atoms with Crippen LogP contribution in [0.1, 0.15) is 0 Å². The number of carbonyl (C=O) groups is 1. The Morgan fingerprint density at radius 2 is 2.50 bits per heavy atom. The second-order valence-corrected chi connectivity index (χ2v) is 1.60. The molecule has 0 fully saturated rings. The summed E-state index contributed by atoms with van der Waals surface area (Å²) >= 11 is 0. The minimum absolute atomic E-state index is 0.196. The van der Waals surface area contributed by atoms with E-state index in [1.807, 2.05) is 0 Å². The topological polar surface area (TPSA) is 64.3 Å². The largest absolute Gasteiger partial charge is 0.447 e. The minimum atomic E-state index is -0.426. The quantitative estimate of drug-likeness (QED) is 0.230. The van der Waals surface area contributed by atoms with E-state index >= 15 is 0 Å². The van der Waals surface area contributed by atoms with Crippen LogP contribution in [-0.4, -0.2) is 25.8 Å². The van der Waals surface area contributed by atoms with E-state index < -0.39 is 5.97 Å². The van der Waals surface area contributed by atoms with Crippen LogP contribution in [0.5, 0.6) is 0 Å². The molecule has 0 saturated heterocycles. The Morgan fingerprint density at radius 1 is 1.80 bits per heavy atom. The number of carbonyl (C=O) groups excluding carboxylic acids is 1. The summed E-state index contributed by atoms with van der Waals surface area (Å²) in [4.78, 5) is 10.4. The van der Waals surface area contributed by atoms with Crippen LogP contribution < -0.4 is 11.1 Å². The molecule has 10 heavy (non-hydrogen) atoms. The average molecular weight is 144 g/mol. The van der Waals surface area contributed by atoms with Gasteiger partial charge in [0.2, 0.25) is 0 Å². The fraction of sp³-hybridized carbons (Fsp3) is 0.500. The molecule has 0 radical (unpaired) electrons. The van der Waals surface area contributed by atoms with Gasteiger partial charge in [0.25, 0.3) is 0 Å². The van der Waals surface area contributed by atoms with Gasteiger partial charge < -0.3 is 10.5 Å². The Balaban J connectivity index is 3.03. The van der Waals surface area contributed by atoms with E-state index in [0.29, 0.717) is 13.1 Å². The van der Waals surface area contributed by atoms with Gasteiger partial charge in [-0.05, 0) is 0 Å². The van der Waals surface area contributed by atoms with Crippen LogP contribution in [0.15, 0.2) is 12.7 Å². The number of hydrogen-bond donors (Lipinski definition) is 2. The molecule has 0 aliphatic carbocycles. The molecule has 0 bridgehead atoms. The van der Waals surface area contributed by atoms with Gasteiger partial charge in [-0.1, -0.05) is 6.58 Å². The molecule has 0 aromatic carbocycles. The van der Waals surface area contributed by atoms with Gasteiger partial charge in [0.1, 0.15) is 6.73 Å². The Morgan fingerprint density at radius 3 is 3.00 bits per heavy atom. The summed E-state index contributed by atoms with van der Waals surface area (Å²) in [5, 5.41) is 2.78. The predicted octanol–water partition coefficient (Wildman–Crippen LogP) is -0.779. The zero-order valence-electron chi connectivity index (χ0n) is 5.80. The van der Waals surface area contributed by atoms with Crippen LogP contribution in [0.2, 0.25) is 0 Å².